The molecule has 1 fully saturated rings. The van der Waals surface area contributed by atoms with Crippen LogP contribution in [0.2, 0.25) is 10.0 Å². The molecule has 1 saturated carbocycles. The number of amides is 2. The van der Waals surface area contributed by atoms with Crippen molar-refractivity contribution in [1.29, 1.82) is 0 Å². The Balaban J connectivity index is 1.44. The number of hydrogen-bond donors (Lipinski definition) is 2. The van der Waals surface area contributed by atoms with Gasteiger partial charge in [-0.25, -0.2) is 4.21 Å². The molecule has 11 nitrogen and oxygen atoms in total. The van der Waals surface area contributed by atoms with Gasteiger partial charge in [0.25, 0.3) is 11.8 Å². The minimum absolute atomic E-state index is 0.0313. The zero-order valence-corrected chi connectivity index (χ0v) is 23.8. The second-order valence-electron chi connectivity index (χ2n) is 9.62. The number of aromatic nitrogens is 1. The SMILES string of the molecule is Cc1cc(Cl)cc(C(=O)N(C)C2CC2)c1NC(=O)C1=CC(OS(=O)[O-])=CN(C2=NNCC2c2ncccc2Cl)C1. The molecule has 1 aromatic carbocycles. The summed E-state index contributed by atoms with van der Waals surface area (Å²) in [4.78, 5) is 34.5. The Labute approximate surface area is 243 Å². The van der Waals surface area contributed by atoms with E-state index in [2.05, 4.69) is 20.8 Å². The summed E-state index contributed by atoms with van der Waals surface area (Å²) >= 11 is 9.77. The maximum Gasteiger partial charge on any atom is 0.256 e. The quantitative estimate of drug-likeness (QED) is 0.459. The number of anilines is 1. The fourth-order valence-electron chi connectivity index (χ4n) is 4.66. The zero-order chi connectivity index (χ0) is 28.6. The van der Waals surface area contributed by atoms with Crippen LogP contribution >= 0.6 is 23.2 Å². The molecule has 3 aliphatic rings. The molecule has 0 saturated heterocycles. The molecule has 14 heteroatoms. The molecule has 1 aliphatic carbocycles. The van der Waals surface area contributed by atoms with Crippen LogP contribution in [0.5, 0.6) is 0 Å². The highest BCUT2D eigenvalue weighted by Crippen LogP contribution is 2.33. The van der Waals surface area contributed by atoms with Crippen LogP contribution in [-0.2, 0) is 20.3 Å². The predicted octanol–water partition coefficient (Wildman–Crippen LogP) is 3.46. The Morgan fingerprint density at radius 1 is 1.30 bits per heavy atom. The van der Waals surface area contributed by atoms with Crippen molar-refractivity contribution in [2.45, 2.75) is 31.7 Å². The average molecular weight is 604 g/mol. The molecule has 2 atom stereocenters. The third-order valence-electron chi connectivity index (χ3n) is 6.79. The van der Waals surface area contributed by atoms with Gasteiger partial charge in [0.05, 0.1) is 34.4 Å². The number of nitrogens with one attached hydrogen (secondary N) is 2. The summed E-state index contributed by atoms with van der Waals surface area (Å²) in [5.74, 6) is -0.797. The van der Waals surface area contributed by atoms with Gasteiger partial charge in [-0.1, -0.05) is 23.2 Å². The lowest BCUT2D eigenvalue weighted by atomic mass is 10.0. The lowest BCUT2D eigenvalue weighted by Gasteiger charge is -2.29. The maximum absolute atomic E-state index is 13.6. The van der Waals surface area contributed by atoms with Gasteiger partial charge < -0.3 is 29.3 Å². The number of benzene rings is 1. The van der Waals surface area contributed by atoms with Gasteiger partial charge in [-0.15, -0.1) is 0 Å². The fraction of sp³-hybridized carbons (Fsp3) is 0.308. The molecule has 2 N–H and O–H groups in total. The maximum atomic E-state index is 13.6. The number of hydrazone groups is 1. The molecular formula is C26H25Cl2N6O5S-. The normalized spacial score (nSPS) is 19.2. The highest BCUT2D eigenvalue weighted by molar-refractivity contribution is 7.74. The molecular weight excluding hydrogens is 579 g/mol. The van der Waals surface area contributed by atoms with Crippen molar-refractivity contribution in [2.75, 3.05) is 25.5 Å². The molecule has 2 amide bonds. The van der Waals surface area contributed by atoms with Crippen LogP contribution in [0.4, 0.5) is 5.69 Å². The van der Waals surface area contributed by atoms with Crippen LogP contribution in [0.1, 0.15) is 40.4 Å². The summed E-state index contributed by atoms with van der Waals surface area (Å²) in [6, 6.07) is 6.77. The van der Waals surface area contributed by atoms with E-state index in [-0.39, 0.29) is 41.3 Å². The Bertz CT molecular complexity index is 1490. The topological polar surface area (TPSA) is 139 Å². The van der Waals surface area contributed by atoms with E-state index in [1.54, 1.807) is 48.2 Å². The summed E-state index contributed by atoms with van der Waals surface area (Å²) in [6.45, 7) is 2.17. The first-order valence-electron chi connectivity index (χ1n) is 12.4. The molecule has 40 heavy (non-hydrogen) atoms. The highest BCUT2D eigenvalue weighted by Gasteiger charge is 2.34. The van der Waals surface area contributed by atoms with Crippen LogP contribution in [0.25, 0.3) is 0 Å². The molecule has 0 spiro atoms. The minimum atomic E-state index is -2.89. The number of rotatable bonds is 7. The molecule has 1 aromatic heterocycles. The fourth-order valence-corrected chi connectivity index (χ4v) is 5.43. The molecule has 2 aliphatic heterocycles. The highest BCUT2D eigenvalue weighted by atomic mass is 35.5. The first kappa shape index (κ1) is 28.1. The van der Waals surface area contributed by atoms with E-state index in [1.165, 1.54) is 18.3 Å². The van der Waals surface area contributed by atoms with Crippen molar-refractivity contribution in [3.63, 3.8) is 0 Å². The molecule has 5 rings (SSSR count). The van der Waals surface area contributed by atoms with Crippen molar-refractivity contribution in [3.05, 3.63) is 80.9 Å². The number of carbonyl (C=O) groups excluding carboxylic acids is 2. The first-order valence-corrected chi connectivity index (χ1v) is 14.1. The Kier molecular flexibility index (Phi) is 8.13. The van der Waals surface area contributed by atoms with E-state index in [1.807, 2.05) is 0 Å². The second-order valence-corrected chi connectivity index (χ2v) is 11.0. The van der Waals surface area contributed by atoms with Gasteiger partial charge in [-0.3, -0.25) is 14.6 Å². The number of aryl methyl sites for hydroxylation is 1. The van der Waals surface area contributed by atoms with Crippen molar-refractivity contribution < 1.29 is 22.5 Å². The van der Waals surface area contributed by atoms with Crippen LogP contribution in [0.15, 0.2) is 59.2 Å². The van der Waals surface area contributed by atoms with Gasteiger partial charge in [0.1, 0.15) is 17.2 Å². The van der Waals surface area contributed by atoms with Gasteiger partial charge in [-0.2, -0.15) is 5.10 Å². The van der Waals surface area contributed by atoms with Crippen LogP contribution in [-0.4, -0.2) is 67.4 Å². The number of pyridine rings is 1. The van der Waals surface area contributed by atoms with E-state index in [4.69, 9.17) is 27.4 Å². The number of allylic oxidation sites excluding steroid dienone is 1. The van der Waals surface area contributed by atoms with Gasteiger partial charge in [0.15, 0.2) is 5.76 Å². The number of hydrogen-bond acceptors (Lipinski definition) is 9. The van der Waals surface area contributed by atoms with Crippen molar-refractivity contribution >= 4 is 57.9 Å². The van der Waals surface area contributed by atoms with E-state index < -0.39 is 17.3 Å². The van der Waals surface area contributed by atoms with E-state index in [0.29, 0.717) is 39.4 Å². The number of halogens is 2. The van der Waals surface area contributed by atoms with Crippen molar-refractivity contribution in [1.82, 2.24) is 20.2 Å². The lowest BCUT2D eigenvalue weighted by molar-refractivity contribution is -0.113. The summed E-state index contributed by atoms with van der Waals surface area (Å²) in [7, 11) is 1.72. The lowest BCUT2D eigenvalue weighted by Crippen LogP contribution is -2.37. The standard InChI is InChI=1S/C26H26Cl2N6O5S/c1-14-8-16(27)10-19(26(36)33(2)17-5-6-17)22(14)31-25(35)15-9-18(39-40(37)38)13-34(12-15)24-20(11-30-32-24)23-21(28)4-3-7-29-23/h3-4,7-10,13,17,20,30H,5-6,11-12H2,1-2H3,(H,31,35)(H,37,38)/p-1. The molecule has 0 bridgehead atoms. The minimum Gasteiger partial charge on any atom is -0.740 e. The smallest absolute Gasteiger partial charge is 0.256 e. The Morgan fingerprint density at radius 3 is 2.77 bits per heavy atom. The van der Waals surface area contributed by atoms with Crippen LogP contribution < -0.4 is 10.7 Å². The van der Waals surface area contributed by atoms with E-state index >= 15 is 0 Å². The van der Waals surface area contributed by atoms with Crippen molar-refractivity contribution in [3.8, 4) is 0 Å². The van der Waals surface area contributed by atoms with Gasteiger partial charge >= 0.3 is 0 Å². The van der Waals surface area contributed by atoms with Gasteiger partial charge in [-0.05, 0) is 55.7 Å². The van der Waals surface area contributed by atoms with Gasteiger partial charge in [0.2, 0.25) is 0 Å². The second kappa shape index (κ2) is 11.6. The molecule has 0 radical (unpaired) electrons. The first-order chi connectivity index (χ1) is 19.1. The third kappa shape index (κ3) is 5.99. The van der Waals surface area contributed by atoms with Crippen molar-refractivity contribution in [2.24, 2.45) is 5.10 Å². The molecule has 210 valence electrons. The summed E-state index contributed by atoms with van der Waals surface area (Å²) in [6.07, 6.45) is 6.23. The van der Waals surface area contributed by atoms with Crippen LogP contribution in [0.3, 0.4) is 0 Å². The molecule has 2 unspecified atom stereocenters. The average Bonchev–Trinajstić information content (AvgIpc) is 3.65. The Hall–Kier alpha value is -3.45. The van der Waals surface area contributed by atoms with E-state index in [0.717, 1.165) is 12.8 Å². The van der Waals surface area contributed by atoms with E-state index in [9.17, 15) is 18.4 Å². The van der Waals surface area contributed by atoms with Gasteiger partial charge in [0, 0.05) is 42.6 Å². The van der Waals surface area contributed by atoms with Crippen LogP contribution in [0, 0.1) is 6.92 Å². The number of nitrogens with zero attached hydrogens (tertiary/aromatic N) is 4. The largest absolute Gasteiger partial charge is 0.740 e. The number of carbonyl (C=O) groups is 2. The summed E-state index contributed by atoms with van der Waals surface area (Å²) < 4.78 is 27.7. The number of amidine groups is 1. The molecule has 2 aromatic rings. The predicted molar refractivity (Wildman–Crippen MR) is 150 cm³/mol. The third-order valence-corrected chi connectivity index (χ3v) is 7.66. The summed E-state index contributed by atoms with van der Waals surface area (Å²) in [5, 5.41) is 8.03. The monoisotopic (exact) mass is 603 g/mol. The summed E-state index contributed by atoms with van der Waals surface area (Å²) in [5.41, 5.74) is 4.86. The zero-order valence-electron chi connectivity index (χ0n) is 21.5. The Morgan fingerprint density at radius 2 is 2.08 bits per heavy atom. The molecule has 3 heterocycles.